The number of aliphatic carboxylic acids is 1. The molecule has 0 saturated heterocycles. The van der Waals surface area contributed by atoms with Gasteiger partial charge in [-0.05, 0) is 25.5 Å². The molecular weight excluding hydrogens is 256 g/mol. The van der Waals surface area contributed by atoms with Gasteiger partial charge in [0.15, 0.2) is 0 Å². The van der Waals surface area contributed by atoms with Gasteiger partial charge in [-0.25, -0.2) is 4.98 Å². The number of ether oxygens (including phenoxy) is 1. The van der Waals surface area contributed by atoms with Crippen molar-refractivity contribution in [2.45, 2.75) is 38.8 Å². The first-order valence-electron chi connectivity index (χ1n) is 6.74. The second-order valence-electron chi connectivity index (χ2n) is 5.01. The van der Waals surface area contributed by atoms with Gasteiger partial charge in [0, 0.05) is 13.7 Å². The molecular formula is C15H20N2O3. The highest BCUT2D eigenvalue weighted by molar-refractivity contribution is 5.76. The van der Waals surface area contributed by atoms with Crippen LogP contribution in [-0.2, 0) is 21.7 Å². The van der Waals surface area contributed by atoms with E-state index in [1.807, 2.05) is 42.7 Å². The monoisotopic (exact) mass is 276 g/mol. The van der Waals surface area contributed by atoms with E-state index in [4.69, 9.17) is 9.84 Å². The Morgan fingerprint density at radius 2 is 2.15 bits per heavy atom. The zero-order valence-electron chi connectivity index (χ0n) is 12.1. The third kappa shape index (κ3) is 2.54. The number of hydrogen-bond acceptors (Lipinski definition) is 3. The number of aromatic nitrogens is 2. The number of aryl methyl sites for hydroxylation is 1. The Bertz CT molecular complexity index is 615. The van der Waals surface area contributed by atoms with Crippen LogP contribution in [0, 0.1) is 0 Å². The van der Waals surface area contributed by atoms with Crippen LogP contribution in [0.15, 0.2) is 24.3 Å². The van der Waals surface area contributed by atoms with Gasteiger partial charge in [-0.2, -0.15) is 0 Å². The molecule has 0 bridgehead atoms. The van der Waals surface area contributed by atoms with E-state index in [0.717, 1.165) is 23.3 Å². The van der Waals surface area contributed by atoms with Crippen molar-refractivity contribution < 1.29 is 14.6 Å². The van der Waals surface area contributed by atoms with Crippen LogP contribution in [0.3, 0.4) is 0 Å². The SMILES string of the molecule is CCC(C)(OC)c1nc2ccccc2n1CCC(=O)O. The zero-order valence-corrected chi connectivity index (χ0v) is 12.1. The summed E-state index contributed by atoms with van der Waals surface area (Å²) < 4.78 is 7.57. The molecule has 1 unspecified atom stereocenters. The molecule has 5 nitrogen and oxygen atoms in total. The quantitative estimate of drug-likeness (QED) is 0.881. The summed E-state index contributed by atoms with van der Waals surface area (Å²) in [6.45, 7) is 4.40. The van der Waals surface area contributed by atoms with E-state index in [1.54, 1.807) is 7.11 Å². The summed E-state index contributed by atoms with van der Waals surface area (Å²) in [6.07, 6.45) is 0.830. The second kappa shape index (κ2) is 5.63. The van der Waals surface area contributed by atoms with Crippen LogP contribution >= 0.6 is 0 Å². The Morgan fingerprint density at radius 3 is 2.75 bits per heavy atom. The van der Waals surface area contributed by atoms with Crippen molar-refractivity contribution in [2.75, 3.05) is 7.11 Å². The summed E-state index contributed by atoms with van der Waals surface area (Å²) in [6, 6.07) is 7.75. The molecule has 20 heavy (non-hydrogen) atoms. The van der Waals surface area contributed by atoms with Crippen molar-refractivity contribution in [1.29, 1.82) is 0 Å². The summed E-state index contributed by atoms with van der Waals surface area (Å²) in [7, 11) is 1.66. The van der Waals surface area contributed by atoms with Crippen molar-refractivity contribution in [1.82, 2.24) is 9.55 Å². The Hall–Kier alpha value is -1.88. The van der Waals surface area contributed by atoms with Gasteiger partial charge in [-0.15, -0.1) is 0 Å². The van der Waals surface area contributed by atoms with Crippen LogP contribution in [0.25, 0.3) is 11.0 Å². The van der Waals surface area contributed by atoms with Crippen molar-refractivity contribution >= 4 is 17.0 Å². The molecule has 0 spiro atoms. The molecule has 0 amide bonds. The lowest BCUT2D eigenvalue weighted by molar-refractivity contribution is -0.137. The van der Waals surface area contributed by atoms with Crippen LogP contribution in [0.4, 0.5) is 0 Å². The molecule has 2 aromatic rings. The summed E-state index contributed by atoms with van der Waals surface area (Å²) in [5.74, 6) is -0.0331. The highest BCUT2D eigenvalue weighted by atomic mass is 16.5. The number of methoxy groups -OCH3 is 1. The third-order valence-electron chi connectivity index (χ3n) is 3.80. The highest BCUT2D eigenvalue weighted by Gasteiger charge is 2.30. The number of carbonyl (C=O) groups is 1. The first-order valence-corrected chi connectivity index (χ1v) is 6.74. The highest BCUT2D eigenvalue weighted by Crippen LogP contribution is 2.30. The average molecular weight is 276 g/mol. The molecule has 1 aromatic carbocycles. The number of imidazole rings is 1. The number of fused-ring (bicyclic) bond motifs is 1. The Kier molecular flexibility index (Phi) is 4.09. The van der Waals surface area contributed by atoms with E-state index in [0.29, 0.717) is 6.54 Å². The Labute approximate surface area is 118 Å². The van der Waals surface area contributed by atoms with Crippen molar-refractivity contribution in [2.24, 2.45) is 0 Å². The maximum Gasteiger partial charge on any atom is 0.305 e. The Morgan fingerprint density at radius 1 is 1.45 bits per heavy atom. The topological polar surface area (TPSA) is 64.4 Å². The van der Waals surface area contributed by atoms with Gasteiger partial charge in [0.2, 0.25) is 0 Å². The summed E-state index contributed by atoms with van der Waals surface area (Å²) in [5.41, 5.74) is 1.29. The average Bonchev–Trinajstić information content (AvgIpc) is 2.83. The number of carboxylic acid groups (broad SMARTS) is 1. The number of para-hydroxylation sites is 2. The molecule has 0 radical (unpaired) electrons. The lowest BCUT2D eigenvalue weighted by atomic mass is 10.0. The molecule has 1 heterocycles. The van der Waals surface area contributed by atoms with E-state index in [2.05, 4.69) is 4.98 Å². The van der Waals surface area contributed by atoms with E-state index < -0.39 is 11.6 Å². The van der Waals surface area contributed by atoms with E-state index in [9.17, 15) is 4.79 Å². The van der Waals surface area contributed by atoms with Gasteiger partial charge in [0.1, 0.15) is 11.4 Å². The fraction of sp³-hybridized carbons (Fsp3) is 0.467. The predicted molar refractivity (Wildman–Crippen MR) is 76.6 cm³/mol. The lowest BCUT2D eigenvalue weighted by Crippen LogP contribution is -2.28. The molecule has 5 heteroatoms. The molecule has 0 saturated carbocycles. The molecule has 1 N–H and O–H groups in total. The van der Waals surface area contributed by atoms with Crippen molar-refractivity contribution in [3.63, 3.8) is 0 Å². The first kappa shape index (κ1) is 14.5. The minimum Gasteiger partial charge on any atom is -0.481 e. The maximum atomic E-state index is 10.9. The van der Waals surface area contributed by atoms with Gasteiger partial charge < -0.3 is 14.4 Å². The predicted octanol–water partition coefficient (Wildman–Crippen LogP) is 2.78. The number of benzene rings is 1. The lowest BCUT2D eigenvalue weighted by Gasteiger charge is -2.26. The summed E-state index contributed by atoms with van der Waals surface area (Å²) >= 11 is 0. The molecule has 0 aliphatic heterocycles. The Balaban J connectivity index is 2.57. The largest absolute Gasteiger partial charge is 0.481 e. The van der Waals surface area contributed by atoms with Gasteiger partial charge in [-0.3, -0.25) is 4.79 Å². The van der Waals surface area contributed by atoms with Crippen LogP contribution in [0.1, 0.15) is 32.5 Å². The molecule has 1 aromatic heterocycles. The molecule has 108 valence electrons. The van der Waals surface area contributed by atoms with Gasteiger partial charge in [-0.1, -0.05) is 19.1 Å². The van der Waals surface area contributed by atoms with E-state index >= 15 is 0 Å². The number of rotatable bonds is 6. The fourth-order valence-electron chi connectivity index (χ4n) is 2.31. The number of carboxylic acids is 1. The number of nitrogens with zero attached hydrogens (tertiary/aromatic N) is 2. The molecule has 2 rings (SSSR count). The van der Waals surface area contributed by atoms with Gasteiger partial charge in [0.05, 0.1) is 17.5 Å². The molecule has 1 atom stereocenters. The standard InChI is InChI=1S/C15H20N2O3/c1-4-15(2,20-3)14-16-11-7-5-6-8-12(11)17(14)10-9-13(18)19/h5-8H,4,9-10H2,1-3H3,(H,18,19). The molecule has 0 fully saturated rings. The van der Waals surface area contributed by atoms with E-state index in [-0.39, 0.29) is 6.42 Å². The second-order valence-corrected chi connectivity index (χ2v) is 5.01. The van der Waals surface area contributed by atoms with Crippen LogP contribution in [-0.4, -0.2) is 27.7 Å². The summed E-state index contributed by atoms with van der Waals surface area (Å²) in [5, 5.41) is 8.93. The van der Waals surface area contributed by atoms with Crippen molar-refractivity contribution in [3.8, 4) is 0 Å². The normalized spacial score (nSPS) is 14.3. The minimum absolute atomic E-state index is 0.0663. The minimum atomic E-state index is -0.815. The first-order chi connectivity index (χ1) is 9.51. The fourth-order valence-corrected chi connectivity index (χ4v) is 2.31. The zero-order chi connectivity index (χ0) is 14.8. The molecule has 0 aliphatic rings. The van der Waals surface area contributed by atoms with Crippen LogP contribution in [0.5, 0.6) is 0 Å². The van der Waals surface area contributed by atoms with Gasteiger partial charge in [0.25, 0.3) is 0 Å². The van der Waals surface area contributed by atoms with E-state index in [1.165, 1.54) is 0 Å². The van der Waals surface area contributed by atoms with Crippen LogP contribution < -0.4 is 0 Å². The van der Waals surface area contributed by atoms with Crippen molar-refractivity contribution in [3.05, 3.63) is 30.1 Å². The van der Waals surface area contributed by atoms with Gasteiger partial charge >= 0.3 is 5.97 Å². The smallest absolute Gasteiger partial charge is 0.305 e. The third-order valence-corrected chi connectivity index (χ3v) is 3.80. The number of hydrogen-bond donors (Lipinski definition) is 1. The van der Waals surface area contributed by atoms with Crippen LogP contribution in [0.2, 0.25) is 0 Å². The maximum absolute atomic E-state index is 10.9. The summed E-state index contributed by atoms with van der Waals surface area (Å²) in [4.78, 5) is 15.5. The molecule has 0 aliphatic carbocycles.